The Balaban J connectivity index is 1.92. The van der Waals surface area contributed by atoms with Crippen LogP contribution in [0, 0.1) is 24.0 Å². The third-order valence-electron chi connectivity index (χ3n) is 4.14. The lowest BCUT2D eigenvalue weighted by Gasteiger charge is -2.09. The third kappa shape index (κ3) is 3.98. The van der Waals surface area contributed by atoms with Crippen molar-refractivity contribution in [2.45, 2.75) is 27.3 Å². The van der Waals surface area contributed by atoms with Gasteiger partial charge in [-0.25, -0.2) is 0 Å². The summed E-state index contributed by atoms with van der Waals surface area (Å²) in [5.74, 6) is 0.258. The van der Waals surface area contributed by atoms with Gasteiger partial charge in [-0.1, -0.05) is 0 Å². The minimum atomic E-state index is -0.544. The van der Waals surface area contributed by atoms with E-state index in [9.17, 15) is 14.9 Å². The first-order valence-corrected chi connectivity index (χ1v) is 8.61. The van der Waals surface area contributed by atoms with Crippen LogP contribution in [-0.4, -0.2) is 25.6 Å². The maximum absolute atomic E-state index is 12.8. The molecule has 9 nitrogen and oxygen atoms in total. The summed E-state index contributed by atoms with van der Waals surface area (Å²) >= 11 is 0. The Bertz CT molecular complexity index is 1030. The average Bonchev–Trinajstić information content (AvgIpc) is 2.95. The number of rotatable bonds is 6. The van der Waals surface area contributed by atoms with Crippen LogP contribution < -0.4 is 10.1 Å². The number of hydrogen-bond acceptors (Lipinski definition) is 6. The number of ether oxygens (including phenoxy) is 1. The molecule has 3 aromatic rings. The summed E-state index contributed by atoms with van der Waals surface area (Å²) in [6.45, 7) is 6.13. The van der Waals surface area contributed by atoms with Crippen LogP contribution in [-0.2, 0) is 6.54 Å². The molecule has 0 spiro atoms. The average molecular weight is 381 g/mol. The van der Waals surface area contributed by atoms with E-state index in [1.165, 1.54) is 24.4 Å². The summed E-state index contributed by atoms with van der Waals surface area (Å²) in [5, 5.41) is 18.3. The largest absolute Gasteiger partial charge is 0.455 e. The number of pyridine rings is 1. The first kappa shape index (κ1) is 19.0. The fourth-order valence-corrected chi connectivity index (χ4v) is 2.89. The number of aryl methyl sites for hydroxylation is 2. The molecule has 0 aliphatic rings. The van der Waals surface area contributed by atoms with E-state index >= 15 is 0 Å². The molecular formula is C19H19N5O4. The summed E-state index contributed by atoms with van der Waals surface area (Å²) in [6, 6.07) is 7.45. The van der Waals surface area contributed by atoms with Crippen molar-refractivity contribution in [1.82, 2.24) is 14.8 Å². The van der Waals surface area contributed by atoms with Crippen molar-refractivity contribution in [3.8, 4) is 11.5 Å². The van der Waals surface area contributed by atoms with E-state index in [1.807, 2.05) is 13.8 Å². The number of nitro groups is 1. The molecule has 1 N–H and O–H groups in total. The van der Waals surface area contributed by atoms with Crippen molar-refractivity contribution >= 4 is 17.3 Å². The molecule has 0 radical (unpaired) electrons. The van der Waals surface area contributed by atoms with E-state index in [-0.39, 0.29) is 23.0 Å². The first-order valence-electron chi connectivity index (χ1n) is 8.61. The molecule has 0 saturated carbocycles. The SMILES string of the molecule is CCn1nc(C)c(C(=O)Nc2cc(Oc3cccnc3)cc([N+](=O)[O-])c2)c1C. The number of carbonyl (C=O) groups excluding carboxylic acids is 1. The van der Waals surface area contributed by atoms with E-state index in [2.05, 4.69) is 15.4 Å². The van der Waals surface area contributed by atoms with Crippen molar-refractivity contribution in [3.63, 3.8) is 0 Å². The summed E-state index contributed by atoms with van der Waals surface area (Å²) in [4.78, 5) is 27.4. The number of nitrogens with one attached hydrogen (secondary N) is 1. The Morgan fingerprint density at radius 2 is 2.07 bits per heavy atom. The van der Waals surface area contributed by atoms with Crippen LogP contribution >= 0.6 is 0 Å². The fourth-order valence-electron chi connectivity index (χ4n) is 2.89. The summed E-state index contributed by atoms with van der Waals surface area (Å²) in [6.07, 6.45) is 3.08. The standard InChI is InChI=1S/C19H19N5O4/c1-4-23-13(3)18(12(2)22-23)19(25)21-14-8-15(24(26)27)10-17(9-14)28-16-6-5-7-20-11-16/h5-11H,4H2,1-3H3,(H,21,25). The van der Waals surface area contributed by atoms with Crippen LogP contribution in [0.1, 0.15) is 28.7 Å². The summed E-state index contributed by atoms with van der Waals surface area (Å²) < 4.78 is 7.36. The quantitative estimate of drug-likeness (QED) is 0.512. The van der Waals surface area contributed by atoms with Crippen molar-refractivity contribution in [1.29, 1.82) is 0 Å². The van der Waals surface area contributed by atoms with Gasteiger partial charge in [-0.2, -0.15) is 5.10 Å². The Labute approximate surface area is 161 Å². The molecule has 1 amide bonds. The molecule has 2 aromatic heterocycles. The maximum Gasteiger partial charge on any atom is 0.275 e. The number of amides is 1. The van der Waals surface area contributed by atoms with E-state index in [0.717, 1.165) is 5.69 Å². The lowest BCUT2D eigenvalue weighted by molar-refractivity contribution is -0.384. The van der Waals surface area contributed by atoms with Crippen LogP contribution in [0.5, 0.6) is 11.5 Å². The number of nitrogens with zero attached hydrogens (tertiary/aromatic N) is 4. The molecule has 1 aromatic carbocycles. The molecule has 0 saturated heterocycles. The van der Waals surface area contributed by atoms with Crippen molar-refractivity contribution in [2.75, 3.05) is 5.32 Å². The number of non-ortho nitro benzene ring substituents is 1. The fraction of sp³-hybridized carbons (Fsp3) is 0.211. The van der Waals surface area contributed by atoms with Crippen LogP contribution in [0.3, 0.4) is 0 Å². The minimum absolute atomic E-state index is 0.200. The van der Waals surface area contributed by atoms with Gasteiger partial charge in [0.1, 0.15) is 11.5 Å². The number of nitro benzene ring substituents is 1. The smallest absolute Gasteiger partial charge is 0.275 e. The monoisotopic (exact) mass is 381 g/mol. The second-order valence-corrected chi connectivity index (χ2v) is 6.08. The number of carbonyl (C=O) groups is 1. The van der Waals surface area contributed by atoms with Gasteiger partial charge in [-0.05, 0) is 32.9 Å². The van der Waals surface area contributed by atoms with Gasteiger partial charge in [-0.15, -0.1) is 0 Å². The van der Waals surface area contributed by atoms with Crippen LogP contribution in [0.15, 0.2) is 42.7 Å². The number of aromatic nitrogens is 3. The zero-order valence-electron chi connectivity index (χ0n) is 15.7. The molecule has 144 valence electrons. The Morgan fingerprint density at radius 1 is 1.29 bits per heavy atom. The van der Waals surface area contributed by atoms with Crippen LogP contribution in [0.4, 0.5) is 11.4 Å². The zero-order valence-corrected chi connectivity index (χ0v) is 15.7. The van der Waals surface area contributed by atoms with Gasteiger partial charge in [0.05, 0.1) is 34.1 Å². The minimum Gasteiger partial charge on any atom is -0.455 e. The molecule has 0 fully saturated rings. The second-order valence-electron chi connectivity index (χ2n) is 6.08. The van der Waals surface area contributed by atoms with Crippen LogP contribution in [0.25, 0.3) is 0 Å². The maximum atomic E-state index is 12.8. The van der Waals surface area contributed by atoms with Gasteiger partial charge in [0.15, 0.2) is 0 Å². The highest BCUT2D eigenvalue weighted by atomic mass is 16.6. The molecule has 28 heavy (non-hydrogen) atoms. The molecule has 9 heteroatoms. The van der Waals surface area contributed by atoms with Crippen molar-refractivity contribution in [3.05, 3.63) is 69.8 Å². The third-order valence-corrected chi connectivity index (χ3v) is 4.14. The molecule has 2 heterocycles. The Morgan fingerprint density at radius 3 is 2.68 bits per heavy atom. The topological polar surface area (TPSA) is 112 Å². The number of benzene rings is 1. The first-order chi connectivity index (χ1) is 13.4. The van der Waals surface area contributed by atoms with E-state index in [4.69, 9.17) is 4.74 Å². The van der Waals surface area contributed by atoms with Gasteiger partial charge in [0, 0.05) is 30.6 Å². The van der Waals surface area contributed by atoms with E-state index in [0.29, 0.717) is 23.6 Å². The van der Waals surface area contributed by atoms with Gasteiger partial charge in [0.25, 0.3) is 11.6 Å². The van der Waals surface area contributed by atoms with E-state index in [1.54, 1.807) is 29.9 Å². The zero-order chi connectivity index (χ0) is 20.3. The van der Waals surface area contributed by atoms with Gasteiger partial charge >= 0.3 is 0 Å². The molecule has 3 rings (SSSR count). The molecule has 0 aliphatic carbocycles. The molecular weight excluding hydrogens is 362 g/mol. The van der Waals surface area contributed by atoms with E-state index < -0.39 is 4.92 Å². The van der Waals surface area contributed by atoms with Crippen LogP contribution in [0.2, 0.25) is 0 Å². The highest BCUT2D eigenvalue weighted by molar-refractivity contribution is 6.06. The molecule has 0 aliphatic heterocycles. The van der Waals surface area contributed by atoms with Crippen molar-refractivity contribution < 1.29 is 14.5 Å². The van der Waals surface area contributed by atoms with Crippen molar-refractivity contribution in [2.24, 2.45) is 0 Å². The van der Waals surface area contributed by atoms with Gasteiger partial charge in [-0.3, -0.25) is 24.6 Å². The molecule has 0 unspecified atom stereocenters. The summed E-state index contributed by atoms with van der Waals surface area (Å²) in [5.41, 5.74) is 1.82. The van der Waals surface area contributed by atoms with Gasteiger partial charge < -0.3 is 10.1 Å². The second kappa shape index (κ2) is 7.87. The number of hydrogen-bond donors (Lipinski definition) is 1. The Hall–Kier alpha value is -3.75. The normalized spacial score (nSPS) is 10.5. The van der Waals surface area contributed by atoms with Gasteiger partial charge in [0.2, 0.25) is 0 Å². The Kier molecular flexibility index (Phi) is 5.35. The molecule has 0 bridgehead atoms. The lowest BCUT2D eigenvalue weighted by Crippen LogP contribution is -2.14. The highest BCUT2D eigenvalue weighted by Gasteiger charge is 2.20. The lowest BCUT2D eigenvalue weighted by atomic mass is 10.1. The predicted molar refractivity (Wildman–Crippen MR) is 103 cm³/mol. The number of anilines is 1. The highest BCUT2D eigenvalue weighted by Crippen LogP contribution is 2.30. The summed E-state index contributed by atoms with van der Waals surface area (Å²) in [7, 11) is 0. The molecule has 0 atom stereocenters. The predicted octanol–water partition coefficient (Wildman–Crippen LogP) is 3.87.